The molecule has 0 N–H and O–H groups in total. The van der Waals surface area contributed by atoms with Crippen LogP contribution in [0.1, 0.15) is 39.0 Å². The van der Waals surface area contributed by atoms with Crippen LogP contribution in [0.3, 0.4) is 0 Å². The van der Waals surface area contributed by atoms with E-state index in [1.807, 2.05) is 6.92 Å². The highest BCUT2D eigenvalue weighted by Gasteiger charge is 2.26. The number of hydrogen-bond donors (Lipinski definition) is 0. The fraction of sp³-hybridized carbons (Fsp3) is 1.00. The molecule has 13 heavy (non-hydrogen) atoms. The highest BCUT2D eigenvalue weighted by Crippen LogP contribution is 2.47. The van der Waals surface area contributed by atoms with Gasteiger partial charge >= 0.3 is 7.68 Å². The molecule has 0 heterocycles. The van der Waals surface area contributed by atoms with E-state index >= 15 is 0 Å². The smallest absolute Gasteiger partial charge is 0.302 e. The summed E-state index contributed by atoms with van der Waals surface area (Å²) in [4.78, 5) is 0. The maximum Gasteiger partial charge on any atom is 0.364 e. The topological polar surface area (TPSA) is 26.3 Å². The van der Waals surface area contributed by atoms with Crippen molar-refractivity contribution in [1.82, 2.24) is 0 Å². The second-order valence-electron chi connectivity index (χ2n) is 3.96. The van der Waals surface area contributed by atoms with Gasteiger partial charge in [-0.25, -0.2) is 0 Å². The molecule has 0 bridgehead atoms. The zero-order valence-corrected chi connectivity index (χ0v) is 9.23. The molecule has 0 aromatic carbocycles. The van der Waals surface area contributed by atoms with E-state index in [1.165, 1.54) is 19.3 Å². The third-order valence-electron chi connectivity index (χ3n) is 2.67. The maximum absolute atomic E-state index is 12.7. The summed E-state index contributed by atoms with van der Waals surface area (Å²) >= 11 is 0. The summed E-state index contributed by atoms with van der Waals surface area (Å²) in [6.45, 7) is 2.86. The average Bonchev–Trinajstić information content (AvgIpc) is 2.03. The van der Waals surface area contributed by atoms with Crippen LogP contribution in [-0.2, 0) is 9.09 Å². The van der Waals surface area contributed by atoms with Crippen LogP contribution in [0.15, 0.2) is 0 Å². The van der Waals surface area contributed by atoms with Crippen LogP contribution in [0.25, 0.3) is 0 Å². The van der Waals surface area contributed by atoms with E-state index in [9.17, 15) is 8.76 Å². The van der Waals surface area contributed by atoms with Crippen LogP contribution >= 0.6 is 7.68 Å². The SMILES string of the molecule is CC(OP(C)(=O)F)C1CCCCC1. The second-order valence-corrected chi connectivity index (χ2v) is 5.66. The van der Waals surface area contributed by atoms with E-state index in [0.29, 0.717) is 5.92 Å². The van der Waals surface area contributed by atoms with Gasteiger partial charge in [-0.2, -0.15) is 4.20 Å². The summed E-state index contributed by atoms with van der Waals surface area (Å²) in [5, 5.41) is 0. The fourth-order valence-corrected chi connectivity index (χ4v) is 2.75. The highest BCUT2D eigenvalue weighted by molar-refractivity contribution is 7.52. The molecule has 1 aliphatic carbocycles. The van der Waals surface area contributed by atoms with Gasteiger partial charge in [-0.1, -0.05) is 19.3 Å². The zero-order chi connectivity index (χ0) is 9.90. The van der Waals surface area contributed by atoms with Crippen LogP contribution in [0.2, 0.25) is 0 Å². The number of halogens is 1. The Morgan fingerprint density at radius 2 is 1.92 bits per heavy atom. The molecule has 0 amide bonds. The van der Waals surface area contributed by atoms with Gasteiger partial charge in [-0.3, -0.25) is 4.57 Å². The fourth-order valence-electron chi connectivity index (χ4n) is 1.99. The van der Waals surface area contributed by atoms with E-state index in [1.54, 1.807) is 0 Å². The van der Waals surface area contributed by atoms with Crippen LogP contribution < -0.4 is 0 Å². The van der Waals surface area contributed by atoms with E-state index in [2.05, 4.69) is 0 Å². The Balaban J connectivity index is 2.37. The monoisotopic (exact) mass is 208 g/mol. The van der Waals surface area contributed by atoms with Crippen molar-refractivity contribution >= 4 is 7.68 Å². The maximum atomic E-state index is 12.7. The molecule has 0 spiro atoms. The van der Waals surface area contributed by atoms with Gasteiger partial charge in [0.2, 0.25) is 0 Å². The number of rotatable bonds is 3. The van der Waals surface area contributed by atoms with Crippen molar-refractivity contribution in [3.05, 3.63) is 0 Å². The molecule has 1 rings (SSSR count). The Morgan fingerprint density at radius 1 is 1.38 bits per heavy atom. The lowest BCUT2D eigenvalue weighted by Gasteiger charge is -2.27. The summed E-state index contributed by atoms with van der Waals surface area (Å²) in [7, 11) is -3.79. The van der Waals surface area contributed by atoms with Crippen molar-refractivity contribution < 1.29 is 13.3 Å². The minimum atomic E-state index is -3.79. The van der Waals surface area contributed by atoms with Crippen molar-refractivity contribution in [3.8, 4) is 0 Å². The summed E-state index contributed by atoms with van der Waals surface area (Å²) in [5.41, 5.74) is 0. The molecule has 78 valence electrons. The molecule has 0 radical (unpaired) electrons. The molecule has 2 unspecified atom stereocenters. The predicted octanol–water partition coefficient (Wildman–Crippen LogP) is 3.76. The van der Waals surface area contributed by atoms with Crippen molar-refractivity contribution in [2.24, 2.45) is 5.92 Å². The van der Waals surface area contributed by atoms with Gasteiger partial charge in [-0.15, -0.1) is 0 Å². The first-order chi connectivity index (χ1) is 5.99. The number of hydrogen-bond acceptors (Lipinski definition) is 2. The van der Waals surface area contributed by atoms with Crippen LogP contribution in [0.5, 0.6) is 0 Å². The Hall–Kier alpha value is 0.120. The van der Waals surface area contributed by atoms with Gasteiger partial charge in [0.1, 0.15) is 0 Å². The minimum Gasteiger partial charge on any atom is -0.302 e. The standard InChI is InChI=1S/C9H18FO2P/c1-8(12-13(2,10)11)9-6-4-3-5-7-9/h8-9H,3-7H2,1-2H3. The molecule has 2 nitrogen and oxygen atoms in total. The molecule has 0 aromatic rings. The highest BCUT2D eigenvalue weighted by atomic mass is 31.2. The Kier molecular flexibility index (Phi) is 3.93. The summed E-state index contributed by atoms with van der Waals surface area (Å²) in [5.74, 6) is 0.401. The molecule has 1 fully saturated rings. The molecule has 0 aromatic heterocycles. The van der Waals surface area contributed by atoms with Gasteiger partial charge in [0.25, 0.3) is 0 Å². The van der Waals surface area contributed by atoms with Gasteiger partial charge in [-0.05, 0) is 25.7 Å². The summed E-state index contributed by atoms with van der Waals surface area (Å²) < 4.78 is 28.4. The van der Waals surface area contributed by atoms with Gasteiger partial charge in [0, 0.05) is 6.66 Å². The van der Waals surface area contributed by atoms with Gasteiger partial charge in [0.05, 0.1) is 6.10 Å². The molecule has 1 aliphatic rings. The van der Waals surface area contributed by atoms with Crippen LogP contribution in [0, 0.1) is 5.92 Å². The van der Waals surface area contributed by atoms with E-state index in [-0.39, 0.29) is 6.10 Å². The van der Waals surface area contributed by atoms with Crippen LogP contribution in [-0.4, -0.2) is 12.8 Å². The quantitative estimate of drug-likeness (QED) is 0.660. The Labute approximate surface area is 79.4 Å². The molecule has 0 saturated heterocycles. The summed E-state index contributed by atoms with van der Waals surface area (Å²) in [6, 6.07) is 0. The molecular formula is C9H18FO2P. The lowest BCUT2D eigenvalue weighted by Crippen LogP contribution is -2.21. The minimum absolute atomic E-state index is 0.193. The van der Waals surface area contributed by atoms with Crippen molar-refractivity contribution in [2.75, 3.05) is 6.66 Å². The molecule has 4 heteroatoms. The van der Waals surface area contributed by atoms with E-state index in [0.717, 1.165) is 19.5 Å². The lowest BCUT2D eigenvalue weighted by molar-refractivity contribution is 0.118. The molecule has 1 saturated carbocycles. The molecule has 0 aliphatic heterocycles. The third kappa shape index (κ3) is 4.24. The Bertz CT molecular complexity index is 196. The Morgan fingerprint density at radius 3 is 2.38 bits per heavy atom. The average molecular weight is 208 g/mol. The van der Waals surface area contributed by atoms with E-state index in [4.69, 9.17) is 4.52 Å². The van der Waals surface area contributed by atoms with Crippen molar-refractivity contribution in [2.45, 2.75) is 45.1 Å². The van der Waals surface area contributed by atoms with E-state index < -0.39 is 7.68 Å². The van der Waals surface area contributed by atoms with Crippen molar-refractivity contribution in [3.63, 3.8) is 0 Å². The first-order valence-electron chi connectivity index (χ1n) is 4.94. The zero-order valence-electron chi connectivity index (χ0n) is 8.33. The van der Waals surface area contributed by atoms with Gasteiger partial charge < -0.3 is 4.52 Å². The third-order valence-corrected chi connectivity index (χ3v) is 3.38. The lowest BCUT2D eigenvalue weighted by atomic mass is 9.86. The first kappa shape index (κ1) is 11.2. The largest absolute Gasteiger partial charge is 0.364 e. The van der Waals surface area contributed by atoms with Gasteiger partial charge in [0.15, 0.2) is 0 Å². The normalized spacial score (nSPS) is 26.7. The predicted molar refractivity (Wildman–Crippen MR) is 51.8 cm³/mol. The van der Waals surface area contributed by atoms with Crippen LogP contribution in [0.4, 0.5) is 4.20 Å². The second kappa shape index (κ2) is 4.56. The molecular weight excluding hydrogens is 190 g/mol. The first-order valence-corrected chi connectivity index (χ1v) is 6.91. The van der Waals surface area contributed by atoms with Crippen molar-refractivity contribution in [1.29, 1.82) is 0 Å². The molecule has 2 atom stereocenters. The summed E-state index contributed by atoms with van der Waals surface area (Å²) in [6.07, 6.45) is 5.63.